The number of aliphatic hydroxyl groups excluding tert-OH is 1. The van der Waals surface area contributed by atoms with E-state index in [-0.39, 0.29) is 0 Å². The summed E-state index contributed by atoms with van der Waals surface area (Å²) in [6.07, 6.45) is 6.83. The molecule has 1 rings (SSSR count). The lowest BCUT2D eigenvalue weighted by Gasteiger charge is -2.30. The van der Waals surface area contributed by atoms with Crippen molar-refractivity contribution in [2.45, 2.75) is 18.1 Å². The van der Waals surface area contributed by atoms with Gasteiger partial charge in [0.1, 0.15) is 5.60 Å². The quantitative estimate of drug-likeness (QED) is 0.549. The van der Waals surface area contributed by atoms with Crippen LogP contribution in [-0.2, 0) is 0 Å². The highest BCUT2D eigenvalue weighted by atomic mass is 16.3. The van der Waals surface area contributed by atoms with Crippen molar-refractivity contribution >= 4 is 0 Å². The van der Waals surface area contributed by atoms with Crippen LogP contribution in [-0.4, -0.2) is 35.5 Å². The van der Waals surface area contributed by atoms with Gasteiger partial charge in [0.2, 0.25) is 0 Å². The topological polar surface area (TPSA) is 52.5 Å². The highest BCUT2D eigenvalue weighted by molar-refractivity contribution is 5.20. The van der Waals surface area contributed by atoms with Crippen LogP contribution < -0.4 is 5.32 Å². The molecule has 2 unspecified atom stereocenters. The predicted molar refractivity (Wildman–Crippen MR) is 47.8 cm³/mol. The maximum absolute atomic E-state index is 9.84. The van der Waals surface area contributed by atoms with E-state index in [2.05, 4.69) is 5.32 Å². The van der Waals surface area contributed by atoms with Crippen molar-refractivity contribution in [1.82, 2.24) is 5.32 Å². The van der Waals surface area contributed by atoms with Crippen LogP contribution in [0.5, 0.6) is 0 Å². The first kappa shape index (κ1) is 9.45. The van der Waals surface area contributed by atoms with Crippen LogP contribution in [0.4, 0.5) is 0 Å². The predicted octanol–water partition coefficient (Wildman–Crippen LogP) is -0.186. The molecule has 0 aliphatic heterocycles. The third-order valence-corrected chi connectivity index (χ3v) is 2.05. The van der Waals surface area contributed by atoms with E-state index < -0.39 is 11.7 Å². The first-order valence-corrected chi connectivity index (χ1v) is 4.08. The Kier molecular flexibility index (Phi) is 3.03. The van der Waals surface area contributed by atoms with Crippen molar-refractivity contribution < 1.29 is 10.2 Å². The SMILES string of the molecule is CNCC(O)C1(O)C=CC=CC1. The van der Waals surface area contributed by atoms with Gasteiger partial charge in [-0.05, 0) is 7.05 Å². The lowest BCUT2D eigenvalue weighted by Crippen LogP contribution is -2.45. The van der Waals surface area contributed by atoms with Gasteiger partial charge < -0.3 is 15.5 Å². The summed E-state index contributed by atoms with van der Waals surface area (Å²) < 4.78 is 0. The molecule has 0 saturated heterocycles. The number of rotatable bonds is 3. The van der Waals surface area contributed by atoms with E-state index in [1.807, 2.05) is 12.2 Å². The highest BCUT2D eigenvalue weighted by Gasteiger charge is 2.31. The van der Waals surface area contributed by atoms with E-state index >= 15 is 0 Å². The Balaban J connectivity index is 2.58. The molecule has 0 aromatic heterocycles. The van der Waals surface area contributed by atoms with Crippen LogP contribution in [0.25, 0.3) is 0 Å². The maximum atomic E-state index is 9.84. The van der Waals surface area contributed by atoms with Crippen LogP contribution in [0.1, 0.15) is 6.42 Å². The number of hydrogen-bond acceptors (Lipinski definition) is 3. The lowest BCUT2D eigenvalue weighted by atomic mass is 9.89. The molecular weight excluding hydrogens is 154 g/mol. The van der Waals surface area contributed by atoms with Gasteiger partial charge in [-0.15, -0.1) is 0 Å². The summed E-state index contributed by atoms with van der Waals surface area (Å²) in [7, 11) is 1.74. The number of allylic oxidation sites excluding steroid dienone is 2. The molecule has 68 valence electrons. The van der Waals surface area contributed by atoms with Crippen LogP contribution in [0.2, 0.25) is 0 Å². The highest BCUT2D eigenvalue weighted by Crippen LogP contribution is 2.21. The standard InChI is InChI=1S/C9H15NO2/c1-10-7-8(11)9(12)5-3-2-4-6-9/h2-5,8,10-12H,6-7H2,1H3. The van der Waals surface area contributed by atoms with Gasteiger partial charge in [-0.3, -0.25) is 0 Å². The summed E-state index contributed by atoms with van der Waals surface area (Å²) in [5.41, 5.74) is -1.09. The van der Waals surface area contributed by atoms with Crippen molar-refractivity contribution in [1.29, 1.82) is 0 Å². The monoisotopic (exact) mass is 169 g/mol. The Labute approximate surface area is 72.4 Å². The minimum Gasteiger partial charge on any atom is -0.388 e. The van der Waals surface area contributed by atoms with Gasteiger partial charge in [0, 0.05) is 13.0 Å². The molecule has 0 radical (unpaired) electrons. The van der Waals surface area contributed by atoms with Gasteiger partial charge in [-0.1, -0.05) is 24.3 Å². The van der Waals surface area contributed by atoms with Crippen molar-refractivity contribution in [2.75, 3.05) is 13.6 Å². The van der Waals surface area contributed by atoms with Gasteiger partial charge >= 0.3 is 0 Å². The molecule has 0 bridgehead atoms. The maximum Gasteiger partial charge on any atom is 0.113 e. The minimum absolute atomic E-state index is 0.397. The smallest absolute Gasteiger partial charge is 0.113 e. The largest absolute Gasteiger partial charge is 0.388 e. The lowest BCUT2D eigenvalue weighted by molar-refractivity contribution is -0.0356. The Morgan fingerprint density at radius 3 is 2.83 bits per heavy atom. The molecule has 0 saturated carbocycles. The Morgan fingerprint density at radius 2 is 2.33 bits per heavy atom. The molecule has 3 heteroatoms. The molecule has 12 heavy (non-hydrogen) atoms. The zero-order valence-corrected chi connectivity index (χ0v) is 7.20. The fourth-order valence-corrected chi connectivity index (χ4v) is 1.24. The third-order valence-electron chi connectivity index (χ3n) is 2.05. The first-order chi connectivity index (χ1) is 5.69. The van der Waals surface area contributed by atoms with E-state index in [1.165, 1.54) is 0 Å². The zero-order chi connectivity index (χ0) is 9.03. The molecule has 3 N–H and O–H groups in total. The molecule has 0 heterocycles. The Bertz CT molecular complexity index is 201. The van der Waals surface area contributed by atoms with Gasteiger partial charge in [-0.2, -0.15) is 0 Å². The summed E-state index contributed by atoms with van der Waals surface area (Å²) in [6, 6.07) is 0. The molecule has 0 amide bonds. The second kappa shape index (κ2) is 3.85. The summed E-state index contributed by atoms with van der Waals surface area (Å²) in [5.74, 6) is 0. The van der Waals surface area contributed by atoms with E-state index in [0.29, 0.717) is 13.0 Å². The fourth-order valence-electron chi connectivity index (χ4n) is 1.24. The fraction of sp³-hybridized carbons (Fsp3) is 0.556. The second-order valence-electron chi connectivity index (χ2n) is 3.06. The van der Waals surface area contributed by atoms with Gasteiger partial charge in [0.05, 0.1) is 6.10 Å². The van der Waals surface area contributed by atoms with Crippen LogP contribution in [0.15, 0.2) is 24.3 Å². The molecule has 0 spiro atoms. The number of likely N-dealkylation sites (N-methyl/N-ethyl adjacent to an activating group) is 1. The number of hydrogen-bond donors (Lipinski definition) is 3. The van der Waals surface area contributed by atoms with E-state index in [9.17, 15) is 10.2 Å². The summed E-state index contributed by atoms with van der Waals surface area (Å²) in [6.45, 7) is 0.397. The molecule has 0 fully saturated rings. The minimum atomic E-state index is -1.09. The molecular formula is C9H15NO2. The van der Waals surface area contributed by atoms with Crippen LogP contribution in [0, 0.1) is 0 Å². The number of aliphatic hydroxyl groups is 2. The normalized spacial score (nSPS) is 30.6. The van der Waals surface area contributed by atoms with Crippen molar-refractivity contribution in [3.63, 3.8) is 0 Å². The van der Waals surface area contributed by atoms with Gasteiger partial charge in [-0.25, -0.2) is 0 Å². The Hall–Kier alpha value is -0.640. The van der Waals surface area contributed by atoms with Crippen molar-refractivity contribution in [2.24, 2.45) is 0 Å². The van der Waals surface area contributed by atoms with Crippen LogP contribution >= 0.6 is 0 Å². The summed E-state index contributed by atoms with van der Waals surface area (Å²) in [5, 5.41) is 22.2. The van der Waals surface area contributed by atoms with Gasteiger partial charge in [0.15, 0.2) is 0 Å². The summed E-state index contributed by atoms with van der Waals surface area (Å²) >= 11 is 0. The van der Waals surface area contributed by atoms with Crippen LogP contribution in [0.3, 0.4) is 0 Å². The van der Waals surface area contributed by atoms with Crippen molar-refractivity contribution in [3.05, 3.63) is 24.3 Å². The molecule has 3 nitrogen and oxygen atoms in total. The van der Waals surface area contributed by atoms with E-state index in [4.69, 9.17) is 0 Å². The Morgan fingerprint density at radius 1 is 1.58 bits per heavy atom. The van der Waals surface area contributed by atoms with E-state index in [1.54, 1.807) is 19.2 Å². The number of nitrogens with one attached hydrogen (secondary N) is 1. The second-order valence-corrected chi connectivity index (χ2v) is 3.06. The average molecular weight is 169 g/mol. The zero-order valence-electron chi connectivity index (χ0n) is 7.20. The molecule has 0 aromatic rings. The molecule has 1 aliphatic carbocycles. The van der Waals surface area contributed by atoms with Crippen molar-refractivity contribution in [3.8, 4) is 0 Å². The first-order valence-electron chi connectivity index (χ1n) is 4.08. The summed E-state index contributed by atoms with van der Waals surface area (Å²) in [4.78, 5) is 0. The van der Waals surface area contributed by atoms with E-state index in [0.717, 1.165) is 0 Å². The van der Waals surface area contributed by atoms with Gasteiger partial charge in [0.25, 0.3) is 0 Å². The molecule has 1 aliphatic rings. The third kappa shape index (κ3) is 1.94. The average Bonchev–Trinajstić information content (AvgIpc) is 2.06. The molecule has 0 aromatic carbocycles. The molecule has 2 atom stereocenters.